The molecule has 3 N–H and O–H groups in total. The van der Waals surface area contributed by atoms with E-state index in [0.717, 1.165) is 0 Å². The average molecular weight is 272 g/mol. The van der Waals surface area contributed by atoms with E-state index in [1.807, 2.05) is 13.8 Å². The Bertz CT molecular complexity index is 500. The lowest BCUT2D eigenvalue weighted by Gasteiger charge is -2.09. The molecule has 7 heteroatoms. The van der Waals surface area contributed by atoms with Crippen LogP contribution in [0.25, 0.3) is 0 Å². The molecular formula is C11H20N4O2S. The van der Waals surface area contributed by atoms with Crippen molar-refractivity contribution in [1.29, 1.82) is 0 Å². The summed E-state index contributed by atoms with van der Waals surface area (Å²) in [6.07, 6.45) is 1.77. The van der Waals surface area contributed by atoms with Gasteiger partial charge in [0, 0.05) is 24.8 Å². The molecule has 0 amide bonds. The summed E-state index contributed by atoms with van der Waals surface area (Å²) in [5.41, 5.74) is 5.68. The van der Waals surface area contributed by atoms with Gasteiger partial charge in [0.05, 0.1) is 5.75 Å². The van der Waals surface area contributed by atoms with Crippen molar-refractivity contribution in [1.82, 2.24) is 9.97 Å². The van der Waals surface area contributed by atoms with Gasteiger partial charge in [-0.05, 0) is 6.42 Å². The summed E-state index contributed by atoms with van der Waals surface area (Å²) >= 11 is 0. The van der Waals surface area contributed by atoms with E-state index in [1.54, 1.807) is 6.07 Å². The molecule has 1 rings (SSSR count). The van der Waals surface area contributed by atoms with E-state index in [1.165, 1.54) is 6.26 Å². The second kappa shape index (κ2) is 5.99. The van der Waals surface area contributed by atoms with E-state index in [9.17, 15) is 8.42 Å². The van der Waals surface area contributed by atoms with E-state index >= 15 is 0 Å². The first-order valence-electron chi connectivity index (χ1n) is 5.84. The van der Waals surface area contributed by atoms with Crippen LogP contribution in [-0.4, -0.2) is 36.9 Å². The third kappa shape index (κ3) is 5.31. The summed E-state index contributed by atoms with van der Waals surface area (Å²) in [4.78, 5) is 8.45. The third-order valence-corrected chi connectivity index (χ3v) is 3.31. The van der Waals surface area contributed by atoms with Gasteiger partial charge in [-0.25, -0.2) is 18.4 Å². The van der Waals surface area contributed by atoms with Gasteiger partial charge in [0.25, 0.3) is 0 Å². The van der Waals surface area contributed by atoms with Crippen molar-refractivity contribution in [2.45, 2.75) is 26.2 Å². The number of nitrogens with zero attached hydrogens (tertiary/aromatic N) is 2. The Balaban J connectivity index is 2.57. The summed E-state index contributed by atoms with van der Waals surface area (Å²) in [5.74, 6) is 2.10. The van der Waals surface area contributed by atoms with Crippen LogP contribution in [0.3, 0.4) is 0 Å². The zero-order valence-corrected chi connectivity index (χ0v) is 11.8. The predicted octanol–water partition coefficient (Wildman–Crippen LogP) is 1.03. The molecule has 1 aromatic rings. The molecule has 0 bridgehead atoms. The van der Waals surface area contributed by atoms with E-state index < -0.39 is 9.84 Å². The zero-order valence-electron chi connectivity index (χ0n) is 11.0. The summed E-state index contributed by atoms with van der Waals surface area (Å²) < 4.78 is 21.9. The van der Waals surface area contributed by atoms with E-state index in [4.69, 9.17) is 5.73 Å². The molecule has 6 nitrogen and oxygen atoms in total. The van der Waals surface area contributed by atoms with E-state index in [0.29, 0.717) is 30.4 Å². The number of rotatable bonds is 6. The summed E-state index contributed by atoms with van der Waals surface area (Å²) in [6.45, 7) is 4.52. The molecule has 0 radical (unpaired) electrons. The van der Waals surface area contributed by atoms with Crippen LogP contribution in [0.4, 0.5) is 11.6 Å². The van der Waals surface area contributed by atoms with E-state index in [2.05, 4.69) is 15.3 Å². The van der Waals surface area contributed by atoms with Crippen LogP contribution in [-0.2, 0) is 9.84 Å². The van der Waals surface area contributed by atoms with Gasteiger partial charge in [0.2, 0.25) is 0 Å². The molecule has 0 aliphatic rings. The quantitative estimate of drug-likeness (QED) is 0.750. The fourth-order valence-corrected chi connectivity index (χ4v) is 2.05. The lowest BCUT2D eigenvalue weighted by atomic mass is 10.2. The van der Waals surface area contributed by atoms with Gasteiger partial charge >= 0.3 is 0 Å². The minimum Gasteiger partial charge on any atom is -0.384 e. The number of sulfone groups is 1. The minimum absolute atomic E-state index is 0.164. The Morgan fingerprint density at radius 1 is 1.39 bits per heavy atom. The Kier molecular flexibility index (Phi) is 4.89. The number of nitrogens with one attached hydrogen (secondary N) is 1. The Morgan fingerprint density at radius 2 is 2.06 bits per heavy atom. The number of hydrogen-bond donors (Lipinski definition) is 2. The molecule has 0 saturated carbocycles. The molecule has 0 spiro atoms. The number of nitrogens with two attached hydrogens (primary N) is 1. The second-order valence-electron chi connectivity index (χ2n) is 4.60. The van der Waals surface area contributed by atoms with Gasteiger partial charge in [-0.3, -0.25) is 0 Å². The highest BCUT2D eigenvalue weighted by Crippen LogP contribution is 2.14. The molecule has 0 saturated heterocycles. The maximum atomic E-state index is 11.0. The highest BCUT2D eigenvalue weighted by atomic mass is 32.2. The van der Waals surface area contributed by atoms with Gasteiger partial charge in [0.1, 0.15) is 27.3 Å². The van der Waals surface area contributed by atoms with Crippen molar-refractivity contribution in [3.8, 4) is 0 Å². The van der Waals surface area contributed by atoms with Gasteiger partial charge in [-0.2, -0.15) is 0 Å². The van der Waals surface area contributed by atoms with Crippen LogP contribution in [0.15, 0.2) is 6.07 Å². The van der Waals surface area contributed by atoms with Gasteiger partial charge in [-0.1, -0.05) is 13.8 Å². The maximum Gasteiger partial charge on any atom is 0.147 e. The fraction of sp³-hybridized carbons (Fsp3) is 0.636. The smallest absolute Gasteiger partial charge is 0.147 e. The number of aromatic nitrogens is 2. The minimum atomic E-state index is -2.91. The van der Waals surface area contributed by atoms with Crippen LogP contribution in [0.2, 0.25) is 0 Å². The van der Waals surface area contributed by atoms with Gasteiger partial charge < -0.3 is 11.1 Å². The van der Waals surface area contributed by atoms with Gasteiger partial charge in [0.15, 0.2) is 0 Å². The normalized spacial score (nSPS) is 11.8. The molecule has 0 aliphatic heterocycles. The summed E-state index contributed by atoms with van der Waals surface area (Å²) in [7, 11) is -2.91. The van der Waals surface area contributed by atoms with Crippen molar-refractivity contribution >= 4 is 21.5 Å². The van der Waals surface area contributed by atoms with E-state index in [-0.39, 0.29) is 11.7 Å². The number of hydrogen-bond acceptors (Lipinski definition) is 6. The van der Waals surface area contributed by atoms with Crippen molar-refractivity contribution in [2.75, 3.05) is 29.6 Å². The van der Waals surface area contributed by atoms with Crippen molar-refractivity contribution in [3.05, 3.63) is 11.9 Å². The third-order valence-electron chi connectivity index (χ3n) is 2.28. The van der Waals surface area contributed by atoms with Crippen LogP contribution in [0.5, 0.6) is 0 Å². The molecule has 1 aromatic heterocycles. The molecular weight excluding hydrogens is 252 g/mol. The van der Waals surface area contributed by atoms with Crippen LogP contribution < -0.4 is 11.1 Å². The Hall–Kier alpha value is -1.37. The average Bonchev–Trinajstić information content (AvgIpc) is 2.22. The number of nitrogen functional groups attached to an aromatic ring is 1. The highest BCUT2D eigenvalue weighted by molar-refractivity contribution is 7.90. The molecule has 18 heavy (non-hydrogen) atoms. The van der Waals surface area contributed by atoms with Crippen LogP contribution in [0.1, 0.15) is 32.0 Å². The Morgan fingerprint density at radius 3 is 2.61 bits per heavy atom. The number of anilines is 2. The molecule has 0 unspecified atom stereocenters. The predicted molar refractivity (Wildman–Crippen MR) is 73.4 cm³/mol. The fourth-order valence-electron chi connectivity index (χ4n) is 1.38. The molecule has 0 atom stereocenters. The van der Waals surface area contributed by atoms with Crippen molar-refractivity contribution < 1.29 is 8.42 Å². The largest absolute Gasteiger partial charge is 0.384 e. The van der Waals surface area contributed by atoms with Crippen molar-refractivity contribution in [3.63, 3.8) is 0 Å². The molecule has 0 aromatic carbocycles. The lowest BCUT2D eigenvalue weighted by Crippen LogP contribution is -2.12. The first-order chi connectivity index (χ1) is 8.28. The zero-order chi connectivity index (χ0) is 13.8. The molecule has 0 aliphatic carbocycles. The first kappa shape index (κ1) is 14.7. The van der Waals surface area contributed by atoms with Crippen LogP contribution in [0, 0.1) is 0 Å². The van der Waals surface area contributed by atoms with Gasteiger partial charge in [-0.15, -0.1) is 0 Å². The van der Waals surface area contributed by atoms with Crippen LogP contribution >= 0.6 is 0 Å². The summed E-state index contributed by atoms with van der Waals surface area (Å²) in [6, 6.07) is 1.65. The monoisotopic (exact) mass is 272 g/mol. The topological polar surface area (TPSA) is 98.0 Å². The SMILES string of the molecule is CC(C)c1nc(N)cc(NCCCS(C)(=O)=O)n1. The highest BCUT2D eigenvalue weighted by Gasteiger charge is 2.06. The standard InChI is InChI=1S/C11H20N4O2S/c1-8(2)11-14-9(12)7-10(15-11)13-5-4-6-18(3,16)17/h7-8H,4-6H2,1-3H3,(H3,12,13,14,15). The molecule has 102 valence electrons. The Labute approximate surface area is 108 Å². The molecule has 1 heterocycles. The first-order valence-corrected chi connectivity index (χ1v) is 7.90. The lowest BCUT2D eigenvalue weighted by molar-refractivity contribution is 0.600. The second-order valence-corrected chi connectivity index (χ2v) is 6.86. The molecule has 0 fully saturated rings. The van der Waals surface area contributed by atoms with Crippen molar-refractivity contribution in [2.24, 2.45) is 0 Å². The summed E-state index contributed by atoms with van der Waals surface area (Å²) in [5, 5.41) is 3.06. The maximum absolute atomic E-state index is 11.0.